The molecule has 1 aliphatic heterocycles. The zero-order chi connectivity index (χ0) is 19.2. The maximum absolute atomic E-state index is 6.15. The predicted molar refractivity (Wildman–Crippen MR) is 116 cm³/mol. The van der Waals surface area contributed by atoms with E-state index in [0.717, 1.165) is 61.6 Å². The number of hydrogen-bond donors (Lipinski definition) is 2. The summed E-state index contributed by atoms with van der Waals surface area (Å²) in [4.78, 5) is 12.8. The Morgan fingerprint density at radius 2 is 2.19 bits per heavy atom. The molecule has 1 atom stereocenters. The van der Waals surface area contributed by atoms with Crippen LogP contribution in [0.5, 0.6) is 0 Å². The Hall–Kier alpha value is -1.72. The summed E-state index contributed by atoms with van der Waals surface area (Å²) < 4.78 is 0. The maximum atomic E-state index is 6.15. The Morgan fingerprint density at radius 3 is 2.93 bits per heavy atom. The molecular formula is C21H32ClN5. The van der Waals surface area contributed by atoms with Crippen LogP contribution in [0.3, 0.4) is 0 Å². The fraction of sp³-hybridized carbons (Fsp3) is 0.571. The molecule has 0 bridgehead atoms. The van der Waals surface area contributed by atoms with E-state index in [1.807, 2.05) is 25.2 Å². The van der Waals surface area contributed by atoms with Crippen molar-refractivity contribution in [3.05, 3.63) is 35.0 Å². The van der Waals surface area contributed by atoms with Gasteiger partial charge in [0.15, 0.2) is 5.96 Å². The average Bonchev–Trinajstić information content (AvgIpc) is 3.30. The van der Waals surface area contributed by atoms with Crippen LogP contribution in [-0.4, -0.2) is 67.1 Å². The molecule has 148 valence electrons. The summed E-state index contributed by atoms with van der Waals surface area (Å²) in [5.74, 6) is 1.76. The monoisotopic (exact) mass is 389 g/mol. The summed E-state index contributed by atoms with van der Waals surface area (Å²) in [5.41, 5.74) is 2.42. The van der Waals surface area contributed by atoms with Gasteiger partial charge in [-0.2, -0.15) is 0 Å². The Bertz CT molecular complexity index is 765. The second-order valence-electron chi connectivity index (χ2n) is 7.31. The molecule has 0 aliphatic carbocycles. The van der Waals surface area contributed by atoms with Crippen molar-refractivity contribution in [2.24, 2.45) is 10.9 Å². The molecule has 6 heteroatoms. The van der Waals surface area contributed by atoms with Crippen LogP contribution in [0, 0.1) is 5.92 Å². The van der Waals surface area contributed by atoms with E-state index in [9.17, 15) is 0 Å². The molecule has 1 unspecified atom stereocenters. The van der Waals surface area contributed by atoms with E-state index in [-0.39, 0.29) is 0 Å². The van der Waals surface area contributed by atoms with Gasteiger partial charge in [0.05, 0.1) is 0 Å². The fourth-order valence-corrected chi connectivity index (χ4v) is 4.19. The van der Waals surface area contributed by atoms with Gasteiger partial charge in [0, 0.05) is 55.3 Å². The first kappa shape index (κ1) is 20.0. The van der Waals surface area contributed by atoms with Crippen LogP contribution < -0.4 is 5.32 Å². The van der Waals surface area contributed by atoms with Crippen LogP contribution in [-0.2, 0) is 6.42 Å². The van der Waals surface area contributed by atoms with Crippen LogP contribution in [0.25, 0.3) is 10.9 Å². The fourth-order valence-electron chi connectivity index (χ4n) is 4.02. The number of aliphatic imine (C=N–C) groups is 1. The zero-order valence-corrected chi connectivity index (χ0v) is 17.5. The number of benzene rings is 1. The molecule has 0 amide bonds. The number of rotatable bonds is 7. The molecule has 1 aromatic carbocycles. The van der Waals surface area contributed by atoms with Gasteiger partial charge < -0.3 is 20.1 Å². The lowest BCUT2D eigenvalue weighted by atomic mass is 10.1. The number of nitrogens with zero attached hydrogens (tertiary/aromatic N) is 3. The molecule has 0 spiro atoms. The lowest BCUT2D eigenvalue weighted by Gasteiger charge is -2.24. The predicted octanol–water partition coefficient (Wildman–Crippen LogP) is 3.60. The molecule has 5 nitrogen and oxygen atoms in total. The van der Waals surface area contributed by atoms with Crippen LogP contribution in [0.15, 0.2) is 29.4 Å². The number of aromatic nitrogens is 1. The van der Waals surface area contributed by atoms with Crippen molar-refractivity contribution in [1.82, 2.24) is 20.1 Å². The van der Waals surface area contributed by atoms with Crippen LogP contribution >= 0.6 is 11.6 Å². The highest BCUT2D eigenvalue weighted by Gasteiger charge is 2.25. The summed E-state index contributed by atoms with van der Waals surface area (Å²) >= 11 is 6.15. The number of nitrogens with one attached hydrogen (secondary N) is 2. The first-order valence-electron chi connectivity index (χ1n) is 10.1. The van der Waals surface area contributed by atoms with Crippen molar-refractivity contribution in [2.75, 3.05) is 46.3 Å². The molecule has 0 radical (unpaired) electrons. The van der Waals surface area contributed by atoms with Crippen LogP contribution in [0.1, 0.15) is 25.8 Å². The second kappa shape index (κ2) is 9.47. The quantitative estimate of drug-likeness (QED) is 0.561. The highest BCUT2D eigenvalue weighted by Crippen LogP contribution is 2.22. The van der Waals surface area contributed by atoms with Gasteiger partial charge in [0.25, 0.3) is 0 Å². The standard InChI is InChI=1S/C21H32ClN5/c1-4-26(5-2)14-16-9-11-27(15-16)21(23-3)24-10-8-17-13-25-20-7-6-18(22)12-19(17)20/h6-7,12-13,16,25H,4-5,8-11,14-15H2,1-3H3,(H,23,24). The van der Waals surface area contributed by atoms with Crippen molar-refractivity contribution in [3.8, 4) is 0 Å². The molecule has 0 saturated carbocycles. The summed E-state index contributed by atoms with van der Waals surface area (Å²) in [6.45, 7) is 11.0. The highest BCUT2D eigenvalue weighted by atomic mass is 35.5. The number of fused-ring (bicyclic) bond motifs is 1. The van der Waals surface area contributed by atoms with Gasteiger partial charge in [-0.25, -0.2) is 0 Å². The molecule has 2 heterocycles. The van der Waals surface area contributed by atoms with E-state index < -0.39 is 0 Å². The minimum absolute atomic E-state index is 0.735. The van der Waals surface area contributed by atoms with Crippen molar-refractivity contribution in [2.45, 2.75) is 26.7 Å². The first-order chi connectivity index (χ1) is 13.1. The second-order valence-corrected chi connectivity index (χ2v) is 7.75. The molecule has 1 aromatic heterocycles. The SMILES string of the molecule is CCN(CC)CC1CCN(C(=NC)NCCc2c[nH]c3ccc(Cl)cc23)C1. The van der Waals surface area contributed by atoms with Gasteiger partial charge in [-0.05, 0) is 55.6 Å². The molecule has 27 heavy (non-hydrogen) atoms. The van der Waals surface area contributed by atoms with Crippen molar-refractivity contribution in [3.63, 3.8) is 0 Å². The largest absolute Gasteiger partial charge is 0.361 e. The number of likely N-dealkylation sites (tertiary alicyclic amines) is 1. The number of H-pyrrole nitrogens is 1. The Balaban J connectivity index is 1.51. The third-order valence-corrected chi connectivity index (χ3v) is 5.85. The minimum atomic E-state index is 0.735. The number of guanidine groups is 1. The van der Waals surface area contributed by atoms with E-state index in [0.29, 0.717) is 0 Å². The third-order valence-electron chi connectivity index (χ3n) is 5.61. The number of hydrogen-bond acceptors (Lipinski definition) is 2. The molecule has 1 fully saturated rings. The van der Waals surface area contributed by atoms with E-state index >= 15 is 0 Å². The van der Waals surface area contributed by atoms with Crippen molar-refractivity contribution in [1.29, 1.82) is 0 Å². The van der Waals surface area contributed by atoms with Crippen molar-refractivity contribution < 1.29 is 0 Å². The van der Waals surface area contributed by atoms with Gasteiger partial charge in [-0.1, -0.05) is 25.4 Å². The summed E-state index contributed by atoms with van der Waals surface area (Å²) in [6.07, 6.45) is 4.27. The lowest BCUT2D eigenvalue weighted by molar-refractivity contribution is 0.255. The molecule has 2 aromatic rings. The summed E-state index contributed by atoms with van der Waals surface area (Å²) in [5, 5.41) is 5.54. The van der Waals surface area contributed by atoms with Crippen molar-refractivity contribution >= 4 is 28.5 Å². The number of aromatic amines is 1. The van der Waals surface area contributed by atoms with E-state index in [1.54, 1.807) is 0 Å². The molecule has 1 saturated heterocycles. The zero-order valence-electron chi connectivity index (χ0n) is 16.8. The average molecular weight is 390 g/mol. The van der Waals surface area contributed by atoms with Gasteiger partial charge in [-0.3, -0.25) is 4.99 Å². The number of halogens is 1. The smallest absolute Gasteiger partial charge is 0.193 e. The Morgan fingerprint density at radius 1 is 1.37 bits per heavy atom. The van der Waals surface area contributed by atoms with E-state index in [4.69, 9.17) is 11.6 Å². The summed E-state index contributed by atoms with van der Waals surface area (Å²) in [6, 6.07) is 6.00. The van der Waals surface area contributed by atoms with Gasteiger partial charge in [-0.15, -0.1) is 0 Å². The first-order valence-corrected chi connectivity index (χ1v) is 10.5. The minimum Gasteiger partial charge on any atom is -0.361 e. The van der Waals surface area contributed by atoms with Gasteiger partial charge >= 0.3 is 0 Å². The Labute approximate surface area is 167 Å². The Kier molecular flexibility index (Phi) is 7.02. The highest BCUT2D eigenvalue weighted by molar-refractivity contribution is 6.31. The van der Waals surface area contributed by atoms with Gasteiger partial charge in [0.1, 0.15) is 0 Å². The molecular weight excluding hydrogens is 358 g/mol. The van der Waals surface area contributed by atoms with Gasteiger partial charge in [0.2, 0.25) is 0 Å². The maximum Gasteiger partial charge on any atom is 0.193 e. The summed E-state index contributed by atoms with van der Waals surface area (Å²) in [7, 11) is 1.88. The van der Waals surface area contributed by atoms with E-state index in [2.05, 4.69) is 45.1 Å². The lowest BCUT2D eigenvalue weighted by Crippen LogP contribution is -2.41. The molecule has 1 aliphatic rings. The van der Waals surface area contributed by atoms with Crippen LogP contribution in [0.4, 0.5) is 0 Å². The topological polar surface area (TPSA) is 46.7 Å². The van der Waals surface area contributed by atoms with Crippen LogP contribution in [0.2, 0.25) is 5.02 Å². The molecule has 2 N–H and O–H groups in total. The van der Waals surface area contributed by atoms with E-state index in [1.165, 1.54) is 23.9 Å². The molecule has 3 rings (SSSR count). The normalized spacial score (nSPS) is 18.0. The third kappa shape index (κ3) is 4.96.